The molecule has 264 valence electrons. The predicted octanol–water partition coefficient (Wildman–Crippen LogP) is 14.4. The van der Waals surface area contributed by atoms with Crippen LogP contribution < -0.4 is 0 Å². The van der Waals surface area contributed by atoms with Crippen molar-refractivity contribution in [2.45, 2.75) is 0 Å². The molecule has 0 aliphatic rings. The number of nitrogens with zero attached hydrogens (tertiary/aromatic N) is 3. The molecule has 0 N–H and O–H groups in total. The molecule has 0 amide bonds. The summed E-state index contributed by atoms with van der Waals surface area (Å²) >= 11 is 0. The second-order valence-electron chi connectivity index (χ2n) is 15.3. The highest BCUT2D eigenvalue weighted by atomic mass is 15.0. The van der Waals surface area contributed by atoms with Gasteiger partial charge in [0.2, 0.25) is 0 Å². The largest absolute Gasteiger partial charge is 0.309 e. The third-order valence-corrected chi connectivity index (χ3v) is 12.4. The Balaban J connectivity index is 0.995. The van der Waals surface area contributed by atoms with Gasteiger partial charge in [-0.05, 0) is 101 Å². The number of benzene rings is 9. The van der Waals surface area contributed by atoms with Crippen LogP contribution in [-0.2, 0) is 0 Å². The maximum Gasteiger partial charge on any atom is 0.0620 e. The minimum Gasteiger partial charge on any atom is -0.309 e. The van der Waals surface area contributed by atoms with Gasteiger partial charge in [-0.1, -0.05) is 121 Å². The molecule has 0 bridgehead atoms. The van der Waals surface area contributed by atoms with E-state index < -0.39 is 0 Å². The highest BCUT2D eigenvalue weighted by Gasteiger charge is 2.19. The smallest absolute Gasteiger partial charge is 0.0620 e. The Morgan fingerprint density at radius 3 is 1.25 bits per heavy atom. The van der Waals surface area contributed by atoms with Gasteiger partial charge in [-0.3, -0.25) is 0 Å². The van der Waals surface area contributed by atoms with Crippen LogP contribution >= 0.6 is 0 Å². The van der Waals surface area contributed by atoms with E-state index in [0.29, 0.717) is 0 Å². The van der Waals surface area contributed by atoms with Gasteiger partial charge in [0.05, 0.1) is 38.6 Å². The molecule has 13 rings (SSSR count). The van der Waals surface area contributed by atoms with E-state index in [4.69, 9.17) is 0 Å². The molecule has 3 heteroatoms. The van der Waals surface area contributed by atoms with Crippen LogP contribution in [0.3, 0.4) is 0 Å². The standard InChI is InChI=1S/C54H33N3/c1-3-12-38(13-4-1)55-48-20-9-8-17-41(48)45-31-36(24-27-50(45)55)37-22-26-42-46-30-34(23-28-51(46)56(53(42)33-37)39-14-5-2-6-15-39)35-25-29-52-47(32-35)44-19-11-18-43-40-16-7-10-21-49(40)57(52)54(43)44/h1-33H. The molecule has 0 aliphatic heterocycles. The molecular weight excluding hydrogens is 691 g/mol. The van der Waals surface area contributed by atoms with Crippen molar-refractivity contribution in [1.29, 1.82) is 0 Å². The zero-order valence-electron chi connectivity index (χ0n) is 30.9. The summed E-state index contributed by atoms with van der Waals surface area (Å²) in [4.78, 5) is 0. The first-order chi connectivity index (χ1) is 28.3. The fourth-order valence-electron chi connectivity index (χ4n) is 9.86. The van der Waals surface area contributed by atoms with E-state index in [2.05, 4.69) is 214 Å². The minimum atomic E-state index is 1.16. The number of aromatic nitrogens is 3. The summed E-state index contributed by atoms with van der Waals surface area (Å²) in [7, 11) is 0. The molecule has 13 aromatic rings. The Kier molecular flexibility index (Phi) is 6.16. The van der Waals surface area contributed by atoms with Crippen LogP contribution in [0.2, 0.25) is 0 Å². The van der Waals surface area contributed by atoms with E-state index in [-0.39, 0.29) is 0 Å². The highest BCUT2D eigenvalue weighted by Crippen LogP contribution is 2.42. The molecule has 4 heterocycles. The van der Waals surface area contributed by atoms with Crippen molar-refractivity contribution in [2.24, 2.45) is 0 Å². The lowest BCUT2D eigenvalue weighted by atomic mass is 9.99. The van der Waals surface area contributed by atoms with Gasteiger partial charge in [0.25, 0.3) is 0 Å². The lowest BCUT2D eigenvalue weighted by Crippen LogP contribution is -1.94. The molecule has 3 nitrogen and oxygen atoms in total. The molecular formula is C54H33N3. The van der Waals surface area contributed by atoms with Crippen molar-refractivity contribution in [1.82, 2.24) is 13.5 Å². The van der Waals surface area contributed by atoms with Crippen LogP contribution in [0, 0.1) is 0 Å². The lowest BCUT2D eigenvalue weighted by molar-refractivity contribution is 1.18. The number of rotatable bonds is 4. The Bertz CT molecular complexity index is 3730. The molecule has 9 aromatic carbocycles. The minimum absolute atomic E-state index is 1.16. The maximum atomic E-state index is 2.45. The Morgan fingerprint density at radius 2 is 0.614 bits per heavy atom. The Hall–Kier alpha value is -7.62. The molecule has 0 aliphatic carbocycles. The summed E-state index contributed by atoms with van der Waals surface area (Å²) in [5.74, 6) is 0. The number of fused-ring (bicyclic) bond motifs is 12. The fraction of sp³-hybridized carbons (Fsp3) is 0. The average molecular weight is 724 g/mol. The summed E-state index contributed by atoms with van der Waals surface area (Å²) in [6, 6.07) is 73.7. The molecule has 4 aromatic heterocycles. The monoisotopic (exact) mass is 723 g/mol. The van der Waals surface area contributed by atoms with E-state index in [1.807, 2.05) is 0 Å². The Labute approximate surface area is 327 Å². The van der Waals surface area contributed by atoms with Crippen molar-refractivity contribution in [3.8, 4) is 33.6 Å². The van der Waals surface area contributed by atoms with Crippen molar-refractivity contribution < 1.29 is 0 Å². The van der Waals surface area contributed by atoms with Gasteiger partial charge in [-0.15, -0.1) is 0 Å². The van der Waals surface area contributed by atoms with Gasteiger partial charge in [-0.2, -0.15) is 0 Å². The van der Waals surface area contributed by atoms with Crippen LogP contribution in [-0.4, -0.2) is 13.5 Å². The summed E-state index contributed by atoms with van der Waals surface area (Å²) in [6.07, 6.45) is 0. The topological polar surface area (TPSA) is 14.3 Å². The first-order valence-corrected chi connectivity index (χ1v) is 19.7. The van der Waals surface area contributed by atoms with Gasteiger partial charge >= 0.3 is 0 Å². The molecule has 0 spiro atoms. The van der Waals surface area contributed by atoms with E-state index in [9.17, 15) is 0 Å². The van der Waals surface area contributed by atoms with Crippen molar-refractivity contribution >= 4 is 81.7 Å². The zero-order valence-corrected chi connectivity index (χ0v) is 30.9. The van der Waals surface area contributed by atoms with Crippen molar-refractivity contribution in [3.05, 3.63) is 200 Å². The number of para-hydroxylation sites is 5. The SMILES string of the molecule is c1ccc(-n2c3ccccc3c3cc(-c4ccc5c6cc(-c7ccc8c(c7)c7cccc9c%10ccccc%10n8c97)ccc6n(-c6ccccc6)c5c4)ccc32)cc1. The molecule has 0 radical (unpaired) electrons. The zero-order chi connectivity index (χ0) is 37.2. The van der Waals surface area contributed by atoms with Crippen molar-refractivity contribution in [2.75, 3.05) is 0 Å². The van der Waals surface area contributed by atoms with Gasteiger partial charge in [0, 0.05) is 54.5 Å². The molecule has 0 fully saturated rings. The molecule has 57 heavy (non-hydrogen) atoms. The predicted molar refractivity (Wildman–Crippen MR) is 241 cm³/mol. The van der Waals surface area contributed by atoms with Crippen LogP contribution in [0.4, 0.5) is 0 Å². The summed E-state index contributed by atoms with van der Waals surface area (Å²) in [5.41, 5.74) is 15.8. The summed E-state index contributed by atoms with van der Waals surface area (Å²) < 4.78 is 7.26. The third-order valence-electron chi connectivity index (χ3n) is 12.4. The van der Waals surface area contributed by atoms with Gasteiger partial charge in [-0.25, -0.2) is 0 Å². The second kappa shape index (κ2) is 11.5. The van der Waals surface area contributed by atoms with E-state index >= 15 is 0 Å². The summed E-state index contributed by atoms with van der Waals surface area (Å²) in [6.45, 7) is 0. The highest BCUT2D eigenvalue weighted by molar-refractivity contribution is 6.23. The van der Waals surface area contributed by atoms with Crippen molar-refractivity contribution in [3.63, 3.8) is 0 Å². The van der Waals surface area contributed by atoms with Crippen LogP contribution in [0.1, 0.15) is 0 Å². The number of hydrogen-bond donors (Lipinski definition) is 0. The maximum absolute atomic E-state index is 2.45. The number of hydrogen-bond acceptors (Lipinski definition) is 0. The Morgan fingerprint density at radius 1 is 0.228 bits per heavy atom. The first kappa shape index (κ1) is 30.7. The van der Waals surface area contributed by atoms with Gasteiger partial charge in [0.1, 0.15) is 0 Å². The average Bonchev–Trinajstić information content (AvgIpc) is 4.00. The van der Waals surface area contributed by atoms with Gasteiger partial charge < -0.3 is 13.5 Å². The van der Waals surface area contributed by atoms with E-state index in [0.717, 1.165) is 5.69 Å². The molecule has 0 saturated heterocycles. The quantitative estimate of drug-likeness (QED) is 0.172. The van der Waals surface area contributed by atoms with E-state index in [1.165, 1.54) is 110 Å². The van der Waals surface area contributed by atoms with Crippen LogP contribution in [0.25, 0.3) is 115 Å². The second-order valence-corrected chi connectivity index (χ2v) is 15.3. The molecule has 0 unspecified atom stereocenters. The lowest BCUT2D eigenvalue weighted by Gasteiger charge is -2.10. The first-order valence-electron chi connectivity index (χ1n) is 19.7. The third kappa shape index (κ3) is 4.26. The summed E-state index contributed by atoms with van der Waals surface area (Å²) in [5, 5.41) is 10.2. The normalized spacial score (nSPS) is 12.2. The fourth-order valence-corrected chi connectivity index (χ4v) is 9.86. The van der Waals surface area contributed by atoms with E-state index in [1.54, 1.807) is 0 Å². The van der Waals surface area contributed by atoms with Crippen LogP contribution in [0.15, 0.2) is 200 Å². The van der Waals surface area contributed by atoms with Crippen LogP contribution in [0.5, 0.6) is 0 Å². The molecule has 0 atom stereocenters. The van der Waals surface area contributed by atoms with Gasteiger partial charge in [0.15, 0.2) is 0 Å². The molecule has 0 saturated carbocycles.